The van der Waals surface area contributed by atoms with Crippen LogP contribution in [0.1, 0.15) is 35.6 Å². The lowest BCUT2D eigenvalue weighted by Crippen LogP contribution is -2.42. The Balaban J connectivity index is 1.51. The van der Waals surface area contributed by atoms with Crippen molar-refractivity contribution in [3.63, 3.8) is 0 Å². The van der Waals surface area contributed by atoms with Crippen LogP contribution >= 0.6 is 0 Å². The minimum absolute atomic E-state index is 0.156. The maximum absolute atomic E-state index is 12.5. The fraction of sp³-hybridized carbons (Fsp3) is 0.733. The summed E-state index contributed by atoms with van der Waals surface area (Å²) in [7, 11) is 0. The average molecular weight is 290 g/mol. The van der Waals surface area contributed by atoms with Crippen molar-refractivity contribution in [1.82, 2.24) is 19.4 Å². The molecule has 2 saturated heterocycles. The van der Waals surface area contributed by atoms with Gasteiger partial charge in [0.05, 0.1) is 19.3 Å². The van der Waals surface area contributed by atoms with E-state index in [-0.39, 0.29) is 5.91 Å². The number of nitrogens with zero attached hydrogens (tertiary/aromatic N) is 4. The summed E-state index contributed by atoms with van der Waals surface area (Å²) in [6.07, 6.45) is 5.13. The van der Waals surface area contributed by atoms with E-state index in [4.69, 9.17) is 4.74 Å². The van der Waals surface area contributed by atoms with Gasteiger partial charge in [-0.3, -0.25) is 9.69 Å². The molecule has 6 nitrogen and oxygen atoms in total. The highest BCUT2D eigenvalue weighted by Gasteiger charge is 2.30. The van der Waals surface area contributed by atoms with Crippen LogP contribution in [0.2, 0.25) is 0 Å². The Morgan fingerprint density at radius 1 is 1.24 bits per heavy atom. The van der Waals surface area contributed by atoms with Gasteiger partial charge < -0.3 is 14.2 Å². The Bertz CT molecular complexity index is 530. The topological polar surface area (TPSA) is 50.6 Å². The predicted octanol–water partition coefficient (Wildman–Crippen LogP) is 0.724. The van der Waals surface area contributed by atoms with Gasteiger partial charge in [0.15, 0.2) is 0 Å². The van der Waals surface area contributed by atoms with Crippen molar-refractivity contribution in [3.8, 4) is 0 Å². The number of carbonyl (C=O) groups is 1. The number of ether oxygens (including phenoxy) is 1. The lowest BCUT2D eigenvalue weighted by Gasteiger charge is -2.32. The van der Waals surface area contributed by atoms with Crippen molar-refractivity contribution >= 4 is 5.91 Å². The molecule has 3 aliphatic heterocycles. The SMILES string of the molecule is O=C(c1cnc2n1CCN([C@H]1CCOC1)C2)N1CCCC1. The second kappa shape index (κ2) is 5.42. The van der Waals surface area contributed by atoms with Crippen LogP contribution in [0.3, 0.4) is 0 Å². The first-order chi connectivity index (χ1) is 10.3. The van der Waals surface area contributed by atoms with Crippen LogP contribution in [0.25, 0.3) is 0 Å². The quantitative estimate of drug-likeness (QED) is 0.805. The van der Waals surface area contributed by atoms with Crippen LogP contribution in [0.15, 0.2) is 6.20 Å². The Morgan fingerprint density at radius 3 is 2.86 bits per heavy atom. The second-order valence-corrected chi connectivity index (χ2v) is 6.20. The van der Waals surface area contributed by atoms with Crippen LogP contribution in [-0.2, 0) is 17.8 Å². The average Bonchev–Trinajstić information content (AvgIpc) is 3.25. The van der Waals surface area contributed by atoms with Gasteiger partial charge in [-0.2, -0.15) is 0 Å². The molecule has 0 N–H and O–H groups in total. The fourth-order valence-corrected chi connectivity index (χ4v) is 3.65. The Labute approximate surface area is 124 Å². The van der Waals surface area contributed by atoms with E-state index < -0.39 is 0 Å². The van der Waals surface area contributed by atoms with Crippen molar-refractivity contribution in [3.05, 3.63) is 17.7 Å². The van der Waals surface area contributed by atoms with Gasteiger partial charge >= 0.3 is 0 Å². The number of likely N-dealkylation sites (tertiary alicyclic amines) is 1. The number of imidazole rings is 1. The number of hydrogen-bond donors (Lipinski definition) is 0. The minimum atomic E-state index is 0.156. The van der Waals surface area contributed by atoms with Crippen molar-refractivity contribution in [2.45, 2.75) is 38.4 Å². The maximum atomic E-state index is 12.5. The van der Waals surface area contributed by atoms with E-state index in [1.165, 1.54) is 0 Å². The first kappa shape index (κ1) is 13.3. The van der Waals surface area contributed by atoms with Crippen LogP contribution in [0.5, 0.6) is 0 Å². The molecule has 1 aromatic rings. The highest BCUT2D eigenvalue weighted by Crippen LogP contribution is 2.22. The molecule has 6 heteroatoms. The number of fused-ring (bicyclic) bond motifs is 1. The van der Waals surface area contributed by atoms with Crippen molar-refractivity contribution in [2.24, 2.45) is 0 Å². The molecule has 0 spiro atoms. The van der Waals surface area contributed by atoms with Gasteiger partial charge in [0.1, 0.15) is 11.5 Å². The van der Waals surface area contributed by atoms with Gasteiger partial charge in [-0.1, -0.05) is 0 Å². The summed E-state index contributed by atoms with van der Waals surface area (Å²) in [4.78, 5) is 21.5. The van der Waals surface area contributed by atoms with E-state index >= 15 is 0 Å². The first-order valence-corrected chi connectivity index (χ1v) is 7.98. The Kier molecular flexibility index (Phi) is 3.43. The van der Waals surface area contributed by atoms with Crippen LogP contribution < -0.4 is 0 Å². The predicted molar refractivity (Wildman–Crippen MR) is 77.0 cm³/mol. The summed E-state index contributed by atoms with van der Waals surface area (Å²) in [6.45, 7) is 6.17. The lowest BCUT2D eigenvalue weighted by atomic mass is 10.2. The molecule has 4 heterocycles. The van der Waals surface area contributed by atoms with E-state index in [1.54, 1.807) is 6.20 Å². The third-order valence-corrected chi connectivity index (χ3v) is 4.93. The van der Waals surface area contributed by atoms with Crippen LogP contribution in [-0.4, -0.2) is 64.1 Å². The molecule has 0 radical (unpaired) electrons. The van der Waals surface area contributed by atoms with Crippen LogP contribution in [0, 0.1) is 0 Å². The normalized spacial score (nSPS) is 26.3. The zero-order valence-corrected chi connectivity index (χ0v) is 12.3. The summed E-state index contributed by atoms with van der Waals surface area (Å²) < 4.78 is 7.60. The molecule has 114 valence electrons. The molecule has 1 atom stereocenters. The van der Waals surface area contributed by atoms with Crippen molar-refractivity contribution in [2.75, 3.05) is 32.8 Å². The first-order valence-electron chi connectivity index (χ1n) is 7.98. The van der Waals surface area contributed by atoms with Gasteiger partial charge in [-0.25, -0.2) is 4.98 Å². The highest BCUT2D eigenvalue weighted by molar-refractivity contribution is 5.92. The monoisotopic (exact) mass is 290 g/mol. The summed E-state index contributed by atoms with van der Waals surface area (Å²) in [5, 5.41) is 0. The minimum Gasteiger partial charge on any atom is -0.380 e. The molecule has 0 unspecified atom stereocenters. The standard InChI is InChI=1S/C15H22N4O2/c20-15(17-4-1-2-5-17)13-9-16-14-10-18(6-7-19(13)14)12-3-8-21-11-12/h9,12H,1-8,10-11H2/t12-/m0/s1. The number of rotatable bonds is 2. The molecule has 0 aromatic carbocycles. The third kappa shape index (κ3) is 2.36. The molecular weight excluding hydrogens is 268 g/mol. The van der Waals surface area contributed by atoms with Gasteiger partial charge in [0, 0.05) is 38.8 Å². The lowest BCUT2D eigenvalue weighted by molar-refractivity contribution is 0.0772. The molecule has 21 heavy (non-hydrogen) atoms. The Morgan fingerprint density at radius 2 is 2.10 bits per heavy atom. The van der Waals surface area contributed by atoms with Gasteiger partial charge in [-0.15, -0.1) is 0 Å². The molecule has 0 saturated carbocycles. The molecular formula is C15H22N4O2. The molecule has 4 rings (SSSR count). The summed E-state index contributed by atoms with van der Waals surface area (Å²) in [5.41, 5.74) is 0.772. The summed E-state index contributed by atoms with van der Waals surface area (Å²) >= 11 is 0. The Hall–Kier alpha value is -1.40. The van der Waals surface area contributed by atoms with Crippen molar-refractivity contribution in [1.29, 1.82) is 0 Å². The number of carbonyl (C=O) groups excluding carboxylic acids is 1. The second-order valence-electron chi connectivity index (χ2n) is 6.20. The summed E-state index contributed by atoms with van der Waals surface area (Å²) in [6, 6.07) is 0.521. The van der Waals surface area contributed by atoms with Gasteiger partial charge in [0.25, 0.3) is 5.91 Å². The smallest absolute Gasteiger partial charge is 0.272 e. The fourth-order valence-electron chi connectivity index (χ4n) is 3.65. The molecule has 1 amide bonds. The van der Waals surface area contributed by atoms with Gasteiger partial charge in [-0.05, 0) is 19.3 Å². The third-order valence-electron chi connectivity index (χ3n) is 4.93. The maximum Gasteiger partial charge on any atom is 0.272 e. The molecule has 0 aliphatic carbocycles. The number of amides is 1. The van der Waals surface area contributed by atoms with E-state index in [1.807, 2.05) is 4.90 Å². The molecule has 0 bridgehead atoms. The highest BCUT2D eigenvalue weighted by atomic mass is 16.5. The van der Waals surface area contributed by atoms with E-state index in [9.17, 15) is 4.79 Å². The largest absolute Gasteiger partial charge is 0.380 e. The molecule has 1 aromatic heterocycles. The van der Waals surface area contributed by atoms with Crippen LogP contribution in [0.4, 0.5) is 0 Å². The van der Waals surface area contributed by atoms with E-state index in [0.29, 0.717) is 6.04 Å². The zero-order chi connectivity index (χ0) is 14.2. The van der Waals surface area contributed by atoms with Gasteiger partial charge in [0.2, 0.25) is 0 Å². The van der Waals surface area contributed by atoms with Crippen molar-refractivity contribution < 1.29 is 9.53 Å². The summed E-state index contributed by atoms with van der Waals surface area (Å²) in [5.74, 6) is 1.18. The zero-order valence-electron chi connectivity index (χ0n) is 12.3. The van der Waals surface area contributed by atoms with E-state index in [2.05, 4.69) is 14.5 Å². The molecule has 3 aliphatic rings. The number of aromatic nitrogens is 2. The number of hydrogen-bond acceptors (Lipinski definition) is 4. The van der Waals surface area contributed by atoms with E-state index in [0.717, 1.165) is 76.7 Å². The molecule has 2 fully saturated rings.